The lowest BCUT2D eigenvalue weighted by molar-refractivity contribution is -0.144. The predicted molar refractivity (Wildman–Crippen MR) is 45.0 cm³/mol. The molecule has 0 spiro atoms. The van der Waals surface area contributed by atoms with Gasteiger partial charge in [0.15, 0.2) is 0 Å². The van der Waals surface area contributed by atoms with Gasteiger partial charge in [0.2, 0.25) is 0 Å². The molecule has 2 N–H and O–H groups in total. The second-order valence-electron chi connectivity index (χ2n) is 2.50. The van der Waals surface area contributed by atoms with E-state index in [0.717, 1.165) is 0 Å². The van der Waals surface area contributed by atoms with Gasteiger partial charge in [-0.1, -0.05) is 12.2 Å². The Bertz CT molecular complexity index is 241. The smallest absolute Gasteiger partial charge is 0.326 e. The van der Waals surface area contributed by atoms with E-state index in [1.165, 1.54) is 6.08 Å². The Morgan fingerprint density at radius 1 is 1.50 bits per heavy atom. The quantitative estimate of drug-likeness (QED) is 0.655. The molecule has 0 saturated heterocycles. The normalized spacial score (nSPS) is 13.1. The van der Waals surface area contributed by atoms with Crippen LogP contribution >= 0.6 is 0 Å². The molecular weight excluding hydrogens is 196 g/mol. The Hall–Kier alpha value is -1.46. The highest BCUT2D eigenvalue weighted by molar-refractivity contribution is 5.85. The number of hydrogen-bond donors (Lipinski definition) is 2. The summed E-state index contributed by atoms with van der Waals surface area (Å²) >= 11 is 0. The number of carboxylic acid groups (broad SMARTS) is 1. The molecule has 0 aliphatic carbocycles. The first-order chi connectivity index (χ1) is 6.49. The lowest BCUT2D eigenvalue weighted by atomic mass is 10.2. The topological polar surface area (TPSA) is 66.4 Å². The average Bonchev–Trinajstić information content (AvgIpc) is 2.10. The van der Waals surface area contributed by atoms with Crippen molar-refractivity contribution in [3.8, 4) is 0 Å². The highest BCUT2D eigenvalue weighted by Crippen LogP contribution is 1.98. The monoisotopic (exact) mass is 207 g/mol. The Labute approximate surface area is 79.6 Å². The van der Waals surface area contributed by atoms with Gasteiger partial charge in [-0.2, -0.15) is 8.78 Å². The molecule has 6 heteroatoms. The highest BCUT2D eigenvalue weighted by atomic mass is 19.3. The number of carbonyl (C=O) groups is 2. The lowest BCUT2D eigenvalue weighted by Crippen LogP contribution is -2.43. The molecule has 14 heavy (non-hydrogen) atoms. The van der Waals surface area contributed by atoms with Crippen molar-refractivity contribution in [3.63, 3.8) is 0 Å². The van der Waals surface area contributed by atoms with Crippen molar-refractivity contribution in [1.82, 2.24) is 5.32 Å². The lowest BCUT2D eigenvalue weighted by Gasteiger charge is -2.11. The minimum Gasteiger partial charge on any atom is -0.480 e. The molecule has 0 aliphatic heterocycles. The fourth-order valence-electron chi connectivity index (χ4n) is 0.728. The van der Waals surface area contributed by atoms with E-state index < -0.39 is 24.3 Å². The third-order valence-corrected chi connectivity index (χ3v) is 1.42. The largest absolute Gasteiger partial charge is 0.480 e. The molecule has 1 unspecified atom stereocenters. The summed E-state index contributed by atoms with van der Waals surface area (Å²) in [6.45, 7) is 1.66. The zero-order valence-electron chi connectivity index (χ0n) is 7.54. The third kappa shape index (κ3) is 4.54. The van der Waals surface area contributed by atoms with Crippen molar-refractivity contribution in [1.29, 1.82) is 0 Å². The molecule has 1 amide bonds. The number of rotatable bonds is 5. The van der Waals surface area contributed by atoms with Crippen LogP contribution in [0.2, 0.25) is 0 Å². The van der Waals surface area contributed by atoms with Crippen LogP contribution in [0.4, 0.5) is 8.78 Å². The molecule has 80 valence electrons. The number of carbonyl (C=O) groups excluding carboxylic acids is 1. The fraction of sp³-hybridized carbons (Fsp3) is 0.500. The summed E-state index contributed by atoms with van der Waals surface area (Å²) in [6, 6.07) is -1.30. The SMILES string of the molecule is C/C=C\CC(NC(=O)C(F)F)C(=O)O. The molecule has 0 aromatic heterocycles. The van der Waals surface area contributed by atoms with E-state index in [2.05, 4.69) is 0 Å². The molecule has 0 bridgehead atoms. The first-order valence-corrected chi connectivity index (χ1v) is 3.91. The summed E-state index contributed by atoms with van der Waals surface area (Å²) < 4.78 is 23.5. The molecule has 0 fully saturated rings. The second kappa shape index (κ2) is 6.06. The molecule has 4 nitrogen and oxygen atoms in total. The molecular formula is C8H11F2NO3. The maximum absolute atomic E-state index is 11.8. The molecule has 0 saturated carbocycles. The highest BCUT2D eigenvalue weighted by Gasteiger charge is 2.23. The van der Waals surface area contributed by atoms with E-state index in [-0.39, 0.29) is 6.42 Å². The first-order valence-electron chi connectivity index (χ1n) is 3.91. The Morgan fingerprint density at radius 2 is 2.07 bits per heavy atom. The summed E-state index contributed by atoms with van der Waals surface area (Å²) in [5.41, 5.74) is 0. The Morgan fingerprint density at radius 3 is 2.43 bits per heavy atom. The number of alkyl halides is 2. The number of nitrogens with one attached hydrogen (secondary N) is 1. The van der Waals surface area contributed by atoms with E-state index in [1.54, 1.807) is 18.3 Å². The van der Waals surface area contributed by atoms with Crippen LogP contribution in [0.15, 0.2) is 12.2 Å². The van der Waals surface area contributed by atoms with Crippen molar-refractivity contribution >= 4 is 11.9 Å². The van der Waals surface area contributed by atoms with Gasteiger partial charge in [0.25, 0.3) is 5.91 Å². The first kappa shape index (κ1) is 12.5. The van der Waals surface area contributed by atoms with Crippen molar-refractivity contribution < 1.29 is 23.5 Å². The van der Waals surface area contributed by atoms with Crippen LogP contribution < -0.4 is 5.32 Å². The van der Waals surface area contributed by atoms with Gasteiger partial charge in [0.05, 0.1) is 0 Å². The zero-order chi connectivity index (χ0) is 11.1. The standard InChI is InChI=1S/C8H11F2NO3/c1-2-3-4-5(8(13)14)11-7(12)6(9)10/h2-3,5-6H,4H2,1H3,(H,11,12)(H,13,14)/b3-2-. The predicted octanol–water partition coefficient (Wildman–Crippen LogP) is 0.787. The molecule has 0 radical (unpaired) electrons. The number of halogens is 2. The van der Waals surface area contributed by atoms with E-state index in [0.29, 0.717) is 0 Å². The van der Waals surface area contributed by atoms with Crippen LogP contribution in [0, 0.1) is 0 Å². The van der Waals surface area contributed by atoms with Crippen molar-refractivity contribution in [2.75, 3.05) is 0 Å². The fourth-order valence-corrected chi connectivity index (χ4v) is 0.728. The summed E-state index contributed by atoms with van der Waals surface area (Å²) in [6.07, 6.45) is -0.151. The Kier molecular flexibility index (Phi) is 5.43. The van der Waals surface area contributed by atoms with Gasteiger partial charge in [-0.25, -0.2) is 4.79 Å². The van der Waals surface area contributed by atoms with Gasteiger partial charge in [0.1, 0.15) is 6.04 Å². The average molecular weight is 207 g/mol. The van der Waals surface area contributed by atoms with Gasteiger partial charge in [-0.15, -0.1) is 0 Å². The van der Waals surface area contributed by atoms with Crippen LogP contribution in [0.3, 0.4) is 0 Å². The summed E-state index contributed by atoms with van der Waals surface area (Å²) in [5, 5.41) is 10.2. The van der Waals surface area contributed by atoms with E-state index in [4.69, 9.17) is 5.11 Å². The number of allylic oxidation sites excluding steroid dienone is 1. The molecule has 0 rings (SSSR count). The van der Waals surface area contributed by atoms with Crippen LogP contribution in [0.1, 0.15) is 13.3 Å². The molecule has 0 aromatic carbocycles. The van der Waals surface area contributed by atoms with E-state index in [1.807, 2.05) is 0 Å². The van der Waals surface area contributed by atoms with Crippen LogP contribution in [0.5, 0.6) is 0 Å². The number of carboxylic acids is 1. The third-order valence-electron chi connectivity index (χ3n) is 1.42. The maximum Gasteiger partial charge on any atom is 0.326 e. The van der Waals surface area contributed by atoms with Gasteiger partial charge in [-0.3, -0.25) is 4.79 Å². The number of aliphatic carboxylic acids is 1. The van der Waals surface area contributed by atoms with Crippen molar-refractivity contribution in [3.05, 3.63) is 12.2 Å². The van der Waals surface area contributed by atoms with E-state index >= 15 is 0 Å². The number of hydrogen-bond acceptors (Lipinski definition) is 2. The van der Waals surface area contributed by atoms with Gasteiger partial charge < -0.3 is 10.4 Å². The summed E-state index contributed by atoms with van der Waals surface area (Å²) in [5.74, 6) is -2.90. The van der Waals surface area contributed by atoms with E-state index in [9.17, 15) is 18.4 Å². The zero-order valence-corrected chi connectivity index (χ0v) is 7.54. The van der Waals surface area contributed by atoms with Crippen LogP contribution in [-0.4, -0.2) is 29.5 Å². The van der Waals surface area contributed by atoms with Crippen molar-refractivity contribution in [2.45, 2.75) is 25.8 Å². The molecule has 0 aliphatic rings. The van der Waals surface area contributed by atoms with Crippen molar-refractivity contribution in [2.24, 2.45) is 0 Å². The van der Waals surface area contributed by atoms with Crippen LogP contribution in [0.25, 0.3) is 0 Å². The summed E-state index contributed by atoms with van der Waals surface area (Å²) in [4.78, 5) is 20.9. The van der Waals surface area contributed by atoms with Gasteiger partial charge >= 0.3 is 12.4 Å². The maximum atomic E-state index is 11.8. The minimum atomic E-state index is -3.19. The minimum absolute atomic E-state index is 0.00963. The van der Waals surface area contributed by atoms with Gasteiger partial charge in [0, 0.05) is 0 Å². The summed E-state index contributed by atoms with van der Waals surface area (Å²) in [7, 11) is 0. The van der Waals surface area contributed by atoms with Crippen LogP contribution in [-0.2, 0) is 9.59 Å². The number of amides is 1. The molecule has 0 heterocycles. The Balaban J connectivity index is 4.23. The molecule has 1 atom stereocenters. The second-order valence-corrected chi connectivity index (χ2v) is 2.50. The molecule has 0 aromatic rings. The van der Waals surface area contributed by atoms with Gasteiger partial charge in [-0.05, 0) is 13.3 Å².